The van der Waals surface area contributed by atoms with E-state index >= 15 is 0 Å². The van der Waals surface area contributed by atoms with E-state index in [1.54, 1.807) is 0 Å². The molecule has 0 heteroatoms. The Morgan fingerprint density at radius 3 is 2.46 bits per heavy atom. The summed E-state index contributed by atoms with van der Waals surface area (Å²) in [5, 5.41) is 0. The fourth-order valence-corrected chi connectivity index (χ4v) is 1.50. The molecule has 0 aliphatic carbocycles. The highest BCUT2D eigenvalue weighted by Crippen LogP contribution is 2.12. The third kappa shape index (κ3) is 4.12. The Hall–Kier alpha value is -0.780. The van der Waals surface area contributed by atoms with E-state index in [4.69, 9.17) is 0 Å². The van der Waals surface area contributed by atoms with Crippen LogP contribution < -0.4 is 0 Å². The lowest BCUT2D eigenvalue weighted by Crippen LogP contribution is -1.93. The molecule has 0 saturated heterocycles. The smallest absolute Gasteiger partial charge is 0.0279 e. The van der Waals surface area contributed by atoms with Gasteiger partial charge in [-0.2, -0.15) is 0 Å². The largest absolute Gasteiger partial charge is 0.0651 e. The topological polar surface area (TPSA) is 0 Å². The molecule has 1 atom stereocenters. The molecule has 1 rings (SSSR count). The van der Waals surface area contributed by atoms with Gasteiger partial charge in [0, 0.05) is 0 Å². The van der Waals surface area contributed by atoms with E-state index < -0.39 is 0 Å². The third-order valence-electron chi connectivity index (χ3n) is 2.70. The molecule has 0 aromatic heterocycles. The first-order chi connectivity index (χ1) is 6.33. The zero-order valence-corrected chi connectivity index (χ0v) is 8.79. The van der Waals surface area contributed by atoms with E-state index in [9.17, 15) is 0 Å². The van der Waals surface area contributed by atoms with Gasteiger partial charge in [0.05, 0.1) is 0 Å². The van der Waals surface area contributed by atoms with Crippen LogP contribution >= 0.6 is 0 Å². The van der Waals surface area contributed by atoms with Crippen LogP contribution in [0.25, 0.3) is 0 Å². The summed E-state index contributed by atoms with van der Waals surface area (Å²) < 4.78 is 0. The summed E-state index contributed by atoms with van der Waals surface area (Å²) in [6.07, 6.45) is 5.25. The maximum Gasteiger partial charge on any atom is -0.0279 e. The van der Waals surface area contributed by atoms with Crippen LogP contribution in [0.15, 0.2) is 30.3 Å². The second-order valence-electron chi connectivity index (χ2n) is 3.89. The molecule has 72 valence electrons. The summed E-state index contributed by atoms with van der Waals surface area (Å²) in [6, 6.07) is 10.8. The Morgan fingerprint density at radius 2 is 1.85 bits per heavy atom. The predicted molar refractivity (Wildman–Crippen MR) is 58.8 cm³/mol. The summed E-state index contributed by atoms with van der Waals surface area (Å²) in [7, 11) is 0. The van der Waals surface area contributed by atoms with Gasteiger partial charge in [-0.3, -0.25) is 0 Å². The number of rotatable bonds is 5. The minimum absolute atomic E-state index is 0.892. The van der Waals surface area contributed by atoms with Crippen LogP contribution in [-0.2, 0) is 6.42 Å². The highest BCUT2D eigenvalue weighted by Gasteiger charge is 1.98. The van der Waals surface area contributed by atoms with Crippen LogP contribution in [0, 0.1) is 5.92 Å². The van der Waals surface area contributed by atoms with Crippen molar-refractivity contribution in [3.05, 3.63) is 35.9 Å². The molecule has 0 nitrogen and oxygen atoms in total. The molecule has 13 heavy (non-hydrogen) atoms. The molecule has 0 saturated carbocycles. The standard InChI is InChI=1S/C13H20/c1-3-12(2)8-7-11-13-9-5-4-6-10-13/h4-6,9-10,12H,3,7-8,11H2,1-2H3. The van der Waals surface area contributed by atoms with Gasteiger partial charge in [0.1, 0.15) is 0 Å². The Balaban J connectivity index is 2.20. The van der Waals surface area contributed by atoms with Gasteiger partial charge in [0.15, 0.2) is 0 Å². The number of aryl methyl sites for hydroxylation is 1. The maximum absolute atomic E-state index is 2.34. The molecule has 0 bridgehead atoms. The van der Waals surface area contributed by atoms with Crippen molar-refractivity contribution >= 4 is 0 Å². The van der Waals surface area contributed by atoms with Crippen LogP contribution in [-0.4, -0.2) is 0 Å². The molecule has 0 heterocycles. The van der Waals surface area contributed by atoms with Crippen molar-refractivity contribution in [2.75, 3.05) is 0 Å². The predicted octanol–water partition coefficient (Wildman–Crippen LogP) is 4.06. The first-order valence-corrected chi connectivity index (χ1v) is 5.37. The van der Waals surface area contributed by atoms with Gasteiger partial charge in [-0.15, -0.1) is 0 Å². The molecule has 0 radical (unpaired) electrons. The van der Waals surface area contributed by atoms with E-state index in [0.29, 0.717) is 0 Å². The second kappa shape index (κ2) is 5.80. The molecule has 0 aliphatic rings. The van der Waals surface area contributed by atoms with Gasteiger partial charge in [-0.25, -0.2) is 0 Å². The highest BCUT2D eigenvalue weighted by atomic mass is 14.0. The summed E-state index contributed by atoms with van der Waals surface area (Å²) in [6.45, 7) is 4.61. The van der Waals surface area contributed by atoms with E-state index in [1.165, 1.54) is 31.2 Å². The van der Waals surface area contributed by atoms with Crippen molar-refractivity contribution < 1.29 is 0 Å². The van der Waals surface area contributed by atoms with Gasteiger partial charge in [0.2, 0.25) is 0 Å². The Bertz CT molecular complexity index is 213. The van der Waals surface area contributed by atoms with E-state index in [1.807, 2.05) is 0 Å². The molecular weight excluding hydrogens is 156 g/mol. The van der Waals surface area contributed by atoms with Crippen LogP contribution in [0.3, 0.4) is 0 Å². The molecule has 1 unspecified atom stereocenters. The SMILES string of the molecule is CCC(C)CCCc1ccccc1. The summed E-state index contributed by atoms with van der Waals surface area (Å²) in [4.78, 5) is 0. The molecule has 0 aliphatic heterocycles. The molecule has 0 spiro atoms. The molecular formula is C13H20. The fraction of sp³-hybridized carbons (Fsp3) is 0.538. The van der Waals surface area contributed by atoms with Crippen molar-refractivity contribution in [3.8, 4) is 0 Å². The third-order valence-corrected chi connectivity index (χ3v) is 2.70. The van der Waals surface area contributed by atoms with Gasteiger partial charge in [-0.05, 0) is 24.3 Å². The van der Waals surface area contributed by atoms with Crippen molar-refractivity contribution in [3.63, 3.8) is 0 Å². The van der Waals surface area contributed by atoms with Crippen LogP contribution in [0.4, 0.5) is 0 Å². The van der Waals surface area contributed by atoms with E-state index in [2.05, 4.69) is 44.2 Å². The highest BCUT2D eigenvalue weighted by molar-refractivity contribution is 5.14. The molecule has 0 fully saturated rings. The quantitative estimate of drug-likeness (QED) is 0.634. The monoisotopic (exact) mass is 176 g/mol. The van der Waals surface area contributed by atoms with Gasteiger partial charge >= 0.3 is 0 Å². The number of hydrogen-bond donors (Lipinski definition) is 0. The van der Waals surface area contributed by atoms with Crippen molar-refractivity contribution in [1.29, 1.82) is 0 Å². The normalized spacial score (nSPS) is 12.8. The lowest BCUT2D eigenvalue weighted by atomic mass is 9.99. The van der Waals surface area contributed by atoms with Gasteiger partial charge < -0.3 is 0 Å². The summed E-state index contributed by atoms with van der Waals surface area (Å²) >= 11 is 0. The van der Waals surface area contributed by atoms with Crippen LogP contribution in [0.5, 0.6) is 0 Å². The maximum atomic E-state index is 2.34. The zero-order valence-electron chi connectivity index (χ0n) is 8.79. The molecule has 0 amide bonds. The number of hydrogen-bond acceptors (Lipinski definition) is 0. The van der Waals surface area contributed by atoms with Crippen LogP contribution in [0.2, 0.25) is 0 Å². The Kier molecular flexibility index (Phi) is 4.59. The lowest BCUT2D eigenvalue weighted by molar-refractivity contribution is 0.496. The minimum Gasteiger partial charge on any atom is -0.0651 e. The average molecular weight is 176 g/mol. The minimum atomic E-state index is 0.892. The second-order valence-corrected chi connectivity index (χ2v) is 3.89. The van der Waals surface area contributed by atoms with Crippen molar-refractivity contribution in [2.24, 2.45) is 5.92 Å². The molecule has 1 aromatic carbocycles. The molecule has 1 aromatic rings. The van der Waals surface area contributed by atoms with E-state index in [0.717, 1.165) is 5.92 Å². The summed E-state index contributed by atoms with van der Waals surface area (Å²) in [5.74, 6) is 0.892. The number of benzene rings is 1. The Labute approximate surface area is 82.0 Å². The van der Waals surface area contributed by atoms with Crippen LogP contribution in [0.1, 0.15) is 38.7 Å². The first-order valence-electron chi connectivity index (χ1n) is 5.37. The summed E-state index contributed by atoms with van der Waals surface area (Å²) in [5.41, 5.74) is 1.48. The zero-order chi connectivity index (χ0) is 9.52. The molecule has 0 N–H and O–H groups in total. The Morgan fingerprint density at radius 1 is 1.15 bits per heavy atom. The van der Waals surface area contributed by atoms with Crippen molar-refractivity contribution in [2.45, 2.75) is 39.5 Å². The average Bonchev–Trinajstić information content (AvgIpc) is 2.19. The fourth-order valence-electron chi connectivity index (χ4n) is 1.50. The van der Waals surface area contributed by atoms with E-state index in [-0.39, 0.29) is 0 Å². The van der Waals surface area contributed by atoms with Gasteiger partial charge in [-0.1, -0.05) is 57.0 Å². The first kappa shape index (κ1) is 10.3. The van der Waals surface area contributed by atoms with Gasteiger partial charge in [0.25, 0.3) is 0 Å². The van der Waals surface area contributed by atoms with Crippen molar-refractivity contribution in [1.82, 2.24) is 0 Å². The lowest BCUT2D eigenvalue weighted by Gasteiger charge is -2.07.